The van der Waals surface area contributed by atoms with Gasteiger partial charge in [0.15, 0.2) is 5.82 Å². The fraction of sp³-hybridized carbons (Fsp3) is 0.625. The van der Waals surface area contributed by atoms with E-state index in [0.29, 0.717) is 17.8 Å². The normalized spacial score (nSPS) is 25.1. The molecular weight excluding hydrogens is 276 g/mol. The maximum absolute atomic E-state index is 4.75. The first-order chi connectivity index (χ1) is 10.7. The summed E-state index contributed by atoms with van der Waals surface area (Å²) >= 11 is 0. The predicted molar refractivity (Wildman–Crippen MR) is 83.7 cm³/mol. The van der Waals surface area contributed by atoms with Crippen LogP contribution in [0.2, 0.25) is 0 Å². The standard InChI is InChI=1S/C16H22N6/c1-10(2)15-19-16(21-20-15)13-9-22(8-12(13)11-3-4-11)14-7-17-5-6-18-14/h5-7,10-13H,3-4,8-9H2,1-2H3,(H,19,20,21)/t12-,13+/m0/s1. The van der Waals surface area contributed by atoms with E-state index in [1.165, 1.54) is 12.8 Å². The van der Waals surface area contributed by atoms with Gasteiger partial charge in [0.05, 0.1) is 6.20 Å². The molecule has 0 bridgehead atoms. The molecule has 1 N–H and O–H groups in total. The molecule has 4 rings (SSSR count). The van der Waals surface area contributed by atoms with Crippen molar-refractivity contribution in [3.05, 3.63) is 30.2 Å². The Bertz CT molecular complexity index is 633. The second-order valence-corrected chi connectivity index (χ2v) is 6.81. The summed E-state index contributed by atoms with van der Waals surface area (Å²) in [5.41, 5.74) is 0. The van der Waals surface area contributed by atoms with Crippen LogP contribution in [0.15, 0.2) is 18.6 Å². The minimum absolute atomic E-state index is 0.363. The number of H-pyrrole nitrogens is 1. The van der Waals surface area contributed by atoms with E-state index in [1.54, 1.807) is 12.4 Å². The van der Waals surface area contributed by atoms with Gasteiger partial charge in [-0.15, -0.1) is 0 Å². The molecule has 2 aromatic rings. The van der Waals surface area contributed by atoms with Crippen LogP contribution in [0.25, 0.3) is 0 Å². The Kier molecular flexibility index (Phi) is 3.32. The lowest BCUT2D eigenvalue weighted by Gasteiger charge is -2.16. The smallest absolute Gasteiger partial charge is 0.153 e. The molecule has 0 spiro atoms. The van der Waals surface area contributed by atoms with Crippen LogP contribution in [-0.2, 0) is 0 Å². The molecule has 2 fully saturated rings. The van der Waals surface area contributed by atoms with Crippen molar-refractivity contribution in [1.82, 2.24) is 25.1 Å². The van der Waals surface area contributed by atoms with Crippen LogP contribution in [0.5, 0.6) is 0 Å². The van der Waals surface area contributed by atoms with Gasteiger partial charge in [-0.3, -0.25) is 10.1 Å². The molecule has 3 heterocycles. The molecule has 6 heteroatoms. The van der Waals surface area contributed by atoms with Crippen molar-refractivity contribution < 1.29 is 0 Å². The Hall–Kier alpha value is -1.98. The Balaban J connectivity index is 1.59. The van der Waals surface area contributed by atoms with Gasteiger partial charge in [0.1, 0.15) is 11.6 Å². The van der Waals surface area contributed by atoms with Crippen LogP contribution in [0.3, 0.4) is 0 Å². The monoisotopic (exact) mass is 298 g/mol. The molecule has 1 aliphatic heterocycles. The van der Waals surface area contributed by atoms with Gasteiger partial charge in [-0.1, -0.05) is 13.8 Å². The van der Waals surface area contributed by atoms with Crippen LogP contribution in [-0.4, -0.2) is 38.2 Å². The maximum Gasteiger partial charge on any atom is 0.153 e. The van der Waals surface area contributed by atoms with Gasteiger partial charge in [-0.25, -0.2) is 9.97 Å². The summed E-state index contributed by atoms with van der Waals surface area (Å²) in [5, 5.41) is 7.58. The van der Waals surface area contributed by atoms with Crippen LogP contribution in [0, 0.1) is 11.8 Å². The Morgan fingerprint density at radius 1 is 1.23 bits per heavy atom. The fourth-order valence-corrected chi connectivity index (χ4v) is 3.47. The summed E-state index contributed by atoms with van der Waals surface area (Å²) in [7, 11) is 0. The second-order valence-electron chi connectivity index (χ2n) is 6.81. The highest BCUT2D eigenvalue weighted by Gasteiger charge is 2.44. The summed E-state index contributed by atoms with van der Waals surface area (Å²) in [6.45, 7) is 6.26. The van der Waals surface area contributed by atoms with Gasteiger partial charge in [-0.2, -0.15) is 5.10 Å². The molecule has 1 aliphatic carbocycles. The van der Waals surface area contributed by atoms with E-state index >= 15 is 0 Å². The fourth-order valence-electron chi connectivity index (χ4n) is 3.47. The average molecular weight is 298 g/mol. The molecule has 22 heavy (non-hydrogen) atoms. The molecule has 0 amide bonds. The van der Waals surface area contributed by atoms with Gasteiger partial charge in [0.2, 0.25) is 0 Å². The third-order valence-electron chi connectivity index (χ3n) is 4.85. The lowest BCUT2D eigenvalue weighted by Crippen LogP contribution is -2.21. The predicted octanol–water partition coefficient (Wildman–Crippen LogP) is 2.35. The number of hydrogen-bond donors (Lipinski definition) is 1. The Labute approximate surface area is 130 Å². The Morgan fingerprint density at radius 2 is 2.09 bits per heavy atom. The van der Waals surface area contributed by atoms with Crippen LogP contribution < -0.4 is 4.90 Å². The number of hydrogen-bond acceptors (Lipinski definition) is 5. The second kappa shape index (κ2) is 5.34. The molecule has 2 atom stereocenters. The minimum Gasteiger partial charge on any atom is -0.354 e. The first-order valence-corrected chi connectivity index (χ1v) is 8.15. The number of aromatic amines is 1. The molecule has 0 unspecified atom stereocenters. The zero-order valence-corrected chi connectivity index (χ0v) is 13.1. The third-order valence-corrected chi connectivity index (χ3v) is 4.85. The van der Waals surface area contributed by atoms with E-state index in [1.807, 2.05) is 6.20 Å². The average Bonchev–Trinajstić information content (AvgIpc) is 3.10. The van der Waals surface area contributed by atoms with E-state index in [0.717, 1.165) is 36.5 Å². The van der Waals surface area contributed by atoms with Gasteiger partial charge < -0.3 is 4.90 Å². The van der Waals surface area contributed by atoms with Crippen molar-refractivity contribution in [2.75, 3.05) is 18.0 Å². The van der Waals surface area contributed by atoms with Gasteiger partial charge in [-0.05, 0) is 24.7 Å². The van der Waals surface area contributed by atoms with E-state index in [2.05, 4.69) is 38.9 Å². The maximum atomic E-state index is 4.75. The third kappa shape index (κ3) is 2.46. The number of rotatable bonds is 4. The van der Waals surface area contributed by atoms with Gasteiger partial charge in [0.25, 0.3) is 0 Å². The molecule has 0 aromatic carbocycles. The minimum atomic E-state index is 0.363. The molecule has 116 valence electrons. The van der Waals surface area contributed by atoms with E-state index in [4.69, 9.17) is 4.98 Å². The van der Waals surface area contributed by atoms with Crippen molar-refractivity contribution in [3.63, 3.8) is 0 Å². The number of nitrogens with zero attached hydrogens (tertiary/aromatic N) is 5. The highest BCUT2D eigenvalue weighted by atomic mass is 15.3. The highest BCUT2D eigenvalue weighted by Crippen LogP contribution is 2.47. The van der Waals surface area contributed by atoms with Crippen LogP contribution >= 0.6 is 0 Å². The molecule has 1 saturated heterocycles. The van der Waals surface area contributed by atoms with E-state index in [-0.39, 0.29) is 0 Å². The van der Waals surface area contributed by atoms with Crippen molar-refractivity contribution >= 4 is 5.82 Å². The number of anilines is 1. The number of aromatic nitrogens is 5. The highest BCUT2D eigenvalue weighted by molar-refractivity contribution is 5.39. The zero-order valence-electron chi connectivity index (χ0n) is 13.1. The summed E-state index contributed by atoms with van der Waals surface area (Å²) in [6.07, 6.45) is 8.04. The van der Waals surface area contributed by atoms with E-state index < -0.39 is 0 Å². The van der Waals surface area contributed by atoms with Crippen LogP contribution in [0.4, 0.5) is 5.82 Å². The topological polar surface area (TPSA) is 70.6 Å². The summed E-state index contributed by atoms with van der Waals surface area (Å²) in [6, 6.07) is 0. The molecule has 1 saturated carbocycles. The zero-order chi connectivity index (χ0) is 15.1. The van der Waals surface area contributed by atoms with Crippen LogP contribution in [0.1, 0.15) is 50.2 Å². The Morgan fingerprint density at radius 3 is 2.73 bits per heavy atom. The van der Waals surface area contributed by atoms with Gasteiger partial charge in [0, 0.05) is 37.3 Å². The van der Waals surface area contributed by atoms with Gasteiger partial charge >= 0.3 is 0 Å². The molecule has 2 aliphatic rings. The van der Waals surface area contributed by atoms with E-state index in [9.17, 15) is 0 Å². The summed E-state index contributed by atoms with van der Waals surface area (Å²) < 4.78 is 0. The summed E-state index contributed by atoms with van der Waals surface area (Å²) in [4.78, 5) is 15.7. The molecular formula is C16H22N6. The molecule has 6 nitrogen and oxygen atoms in total. The SMILES string of the molecule is CC(C)c1n[nH]c([C@@H]2CN(c3cnccn3)C[C@H]2C2CC2)n1. The lowest BCUT2D eigenvalue weighted by molar-refractivity contribution is 0.444. The quantitative estimate of drug-likeness (QED) is 0.938. The lowest BCUT2D eigenvalue weighted by atomic mass is 9.91. The molecule has 0 radical (unpaired) electrons. The molecule has 2 aromatic heterocycles. The van der Waals surface area contributed by atoms with Crippen molar-refractivity contribution in [2.24, 2.45) is 11.8 Å². The first-order valence-electron chi connectivity index (χ1n) is 8.15. The number of nitrogens with one attached hydrogen (secondary N) is 1. The first kappa shape index (κ1) is 13.7. The summed E-state index contributed by atoms with van der Waals surface area (Å²) in [5.74, 6) is 5.21. The van der Waals surface area contributed by atoms with Crippen molar-refractivity contribution in [1.29, 1.82) is 0 Å². The largest absolute Gasteiger partial charge is 0.354 e. The van der Waals surface area contributed by atoms with Crippen molar-refractivity contribution in [2.45, 2.75) is 38.5 Å². The van der Waals surface area contributed by atoms with Crippen molar-refractivity contribution in [3.8, 4) is 0 Å².